The van der Waals surface area contributed by atoms with Crippen molar-refractivity contribution in [2.75, 3.05) is 33.9 Å². The predicted molar refractivity (Wildman–Crippen MR) is 120 cm³/mol. The molecule has 1 aliphatic heterocycles. The van der Waals surface area contributed by atoms with Crippen LogP contribution >= 0.6 is 0 Å². The van der Waals surface area contributed by atoms with Gasteiger partial charge in [-0.3, -0.25) is 10.5 Å². The molecule has 174 valence electrons. The highest BCUT2D eigenvalue weighted by Crippen LogP contribution is 2.40. The van der Waals surface area contributed by atoms with E-state index in [9.17, 15) is 4.79 Å². The third-order valence-electron chi connectivity index (χ3n) is 5.33. The second-order valence-electron chi connectivity index (χ2n) is 8.23. The van der Waals surface area contributed by atoms with Gasteiger partial charge in [0, 0.05) is 5.56 Å². The topological polar surface area (TPSA) is 128 Å². The SMILES string of the molecule is CN(C)CCCCCOc1ccc(C(=O)c2cccc3c2OC(N)(c2nnn[nH]2)CO3)cc1. The van der Waals surface area contributed by atoms with Gasteiger partial charge < -0.3 is 19.1 Å². The molecule has 3 N–H and O–H groups in total. The van der Waals surface area contributed by atoms with Gasteiger partial charge >= 0.3 is 0 Å². The number of para-hydroxylation sites is 1. The average molecular weight is 453 g/mol. The molecule has 2 heterocycles. The summed E-state index contributed by atoms with van der Waals surface area (Å²) < 4.78 is 17.5. The molecule has 2 aromatic carbocycles. The molecule has 0 fully saturated rings. The van der Waals surface area contributed by atoms with Crippen LogP contribution < -0.4 is 19.9 Å². The Labute approximate surface area is 192 Å². The zero-order valence-corrected chi connectivity index (χ0v) is 18.8. The number of tetrazole rings is 1. The second-order valence-corrected chi connectivity index (χ2v) is 8.23. The van der Waals surface area contributed by atoms with E-state index in [0.717, 1.165) is 31.6 Å². The van der Waals surface area contributed by atoms with Crippen LogP contribution in [0.25, 0.3) is 0 Å². The molecule has 0 radical (unpaired) electrons. The van der Waals surface area contributed by atoms with Crippen LogP contribution in [0.3, 0.4) is 0 Å². The van der Waals surface area contributed by atoms with Crippen LogP contribution in [-0.2, 0) is 5.72 Å². The Morgan fingerprint density at radius 2 is 2.00 bits per heavy atom. The van der Waals surface area contributed by atoms with Gasteiger partial charge in [0.15, 0.2) is 17.3 Å². The lowest BCUT2D eigenvalue weighted by Gasteiger charge is -2.33. The monoisotopic (exact) mass is 452 g/mol. The number of nitrogens with two attached hydrogens (primary N) is 1. The molecular formula is C23H28N6O4. The molecule has 0 bridgehead atoms. The molecule has 0 aliphatic carbocycles. The third-order valence-corrected chi connectivity index (χ3v) is 5.33. The fourth-order valence-electron chi connectivity index (χ4n) is 3.52. The van der Waals surface area contributed by atoms with Gasteiger partial charge in [0.2, 0.25) is 5.82 Å². The summed E-state index contributed by atoms with van der Waals surface area (Å²) >= 11 is 0. The minimum Gasteiger partial charge on any atom is -0.494 e. The minimum atomic E-state index is -1.43. The van der Waals surface area contributed by atoms with E-state index in [1.54, 1.807) is 42.5 Å². The van der Waals surface area contributed by atoms with E-state index in [1.165, 1.54) is 0 Å². The second kappa shape index (κ2) is 9.97. The van der Waals surface area contributed by atoms with Crippen molar-refractivity contribution in [3.63, 3.8) is 0 Å². The number of carbonyl (C=O) groups is 1. The summed E-state index contributed by atoms with van der Waals surface area (Å²) in [6.07, 6.45) is 3.25. The smallest absolute Gasteiger partial charge is 0.254 e. The lowest BCUT2D eigenvalue weighted by Crippen LogP contribution is -2.51. The first-order valence-corrected chi connectivity index (χ1v) is 10.9. The number of aromatic amines is 1. The van der Waals surface area contributed by atoms with Crippen LogP contribution in [0.2, 0.25) is 0 Å². The van der Waals surface area contributed by atoms with E-state index < -0.39 is 5.72 Å². The Kier molecular flexibility index (Phi) is 6.85. The van der Waals surface area contributed by atoms with Crippen molar-refractivity contribution in [1.82, 2.24) is 25.5 Å². The Hall–Kier alpha value is -3.50. The molecular weight excluding hydrogens is 424 g/mol. The molecule has 3 aromatic rings. The van der Waals surface area contributed by atoms with Crippen LogP contribution in [-0.4, -0.2) is 65.2 Å². The Morgan fingerprint density at radius 1 is 1.18 bits per heavy atom. The summed E-state index contributed by atoms with van der Waals surface area (Å²) in [5.41, 5.74) is 5.71. The summed E-state index contributed by atoms with van der Waals surface area (Å²) in [5.74, 6) is 1.41. The summed E-state index contributed by atoms with van der Waals surface area (Å²) in [7, 11) is 4.15. The van der Waals surface area contributed by atoms with Crippen molar-refractivity contribution >= 4 is 5.78 Å². The highest BCUT2D eigenvalue weighted by atomic mass is 16.6. The zero-order valence-electron chi connectivity index (χ0n) is 18.8. The van der Waals surface area contributed by atoms with Crippen molar-refractivity contribution in [2.24, 2.45) is 5.73 Å². The zero-order chi connectivity index (χ0) is 23.3. The van der Waals surface area contributed by atoms with E-state index in [4.69, 9.17) is 19.9 Å². The van der Waals surface area contributed by atoms with E-state index in [0.29, 0.717) is 23.5 Å². The standard InChI is InChI=1S/C23H28N6O4/c1-29(2)13-4-3-5-14-31-17-11-9-16(10-12-17)20(30)18-7-6-8-19-21(18)33-23(24,15-32-19)22-25-27-28-26-22/h6-12H,3-5,13-15,24H2,1-2H3,(H,25,26,27,28). The molecule has 4 rings (SSSR count). The van der Waals surface area contributed by atoms with Gasteiger partial charge in [0.05, 0.1) is 12.2 Å². The molecule has 1 unspecified atom stereocenters. The van der Waals surface area contributed by atoms with E-state index >= 15 is 0 Å². The van der Waals surface area contributed by atoms with Crippen molar-refractivity contribution < 1.29 is 19.0 Å². The summed E-state index contributed by atoms with van der Waals surface area (Å²) in [6, 6.07) is 12.2. The van der Waals surface area contributed by atoms with Crippen LogP contribution in [0.15, 0.2) is 42.5 Å². The number of ether oxygens (including phenoxy) is 3. The Morgan fingerprint density at radius 3 is 2.73 bits per heavy atom. The molecule has 33 heavy (non-hydrogen) atoms. The van der Waals surface area contributed by atoms with Crippen LogP contribution in [0.4, 0.5) is 0 Å². The van der Waals surface area contributed by atoms with Gasteiger partial charge in [-0.1, -0.05) is 6.07 Å². The molecule has 10 nitrogen and oxygen atoms in total. The number of nitrogens with zero attached hydrogens (tertiary/aromatic N) is 4. The van der Waals surface area contributed by atoms with Gasteiger partial charge in [0.25, 0.3) is 5.72 Å². The first-order valence-electron chi connectivity index (χ1n) is 10.9. The van der Waals surface area contributed by atoms with Crippen molar-refractivity contribution in [2.45, 2.75) is 25.0 Å². The molecule has 1 aromatic heterocycles. The van der Waals surface area contributed by atoms with Gasteiger partial charge in [-0.15, -0.1) is 5.10 Å². The lowest BCUT2D eigenvalue weighted by molar-refractivity contribution is -0.0154. The fourth-order valence-corrected chi connectivity index (χ4v) is 3.52. The molecule has 1 aliphatic rings. The number of ketones is 1. The maximum Gasteiger partial charge on any atom is 0.254 e. The summed E-state index contributed by atoms with van der Waals surface area (Å²) in [4.78, 5) is 15.4. The number of carbonyl (C=O) groups excluding carboxylic acids is 1. The van der Waals surface area contributed by atoms with Crippen molar-refractivity contribution in [3.8, 4) is 17.2 Å². The number of nitrogens with one attached hydrogen (secondary N) is 1. The predicted octanol–water partition coefficient (Wildman–Crippen LogP) is 2.12. The maximum absolute atomic E-state index is 13.2. The molecule has 0 spiro atoms. The quantitative estimate of drug-likeness (QED) is 0.351. The lowest BCUT2D eigenvalue weighted by atomic mass is 10.0. The average Bonchev–Trinajstić information content (AvgIpc) is 3.37. The van der Waals surface area contributed by atoms with Crippen LogP contribution in [0, 0.1) is 0 Å². The number of H-pyrrole nitrogens is 1. The number of benzene rings is 2. The summed E-state index contributed by atoms with van der Waals surface area (Å²) in [6.45, 7) is 1.72. The Bertz CT molecular complexity index is 1070. The van der Waals surface area contributed by atoms with E-state index in [-0.39, 0.29) is 24.0 Å². The van der Waals surface area contributed by atoms with Gasteiger partial charge in [-0.25, -0.2) is 5.10 Å². The number of unbranched alkanes of at least 4 members (excludes halogenated alkanes) is 2. The number of hydrogen-bond acceptors (Lipinski definition) is 9. The normalized spacial score (nSPS) is 17.2. The number of hydrogen-bond donors (Lipinski definition) is 2. The first-order chi connectivity index (χ1) is 16.0. The maximum atomic E-state index is 13.2. The van der Waals surface area contributed by atoms with Crippen molar-refractivity contribution in [3.05, 3.63) is 59.4 Å². The molecule has 0 saturated heterocycles. The molecule has 1 atom stereocenters. The van der Waals surface area contributed by atoms with Crippen LogP contribution in [0.1, 0.15) is 41.0 Å². The first kappa shape index (κ1) is 22.7. The largest absolute Gasteiger partial charge is 0.494 e. The Balaban J connectivity index is 1.42. The van der Waals surface area contributed by atoms with Crippen molar-refractivity contribution in [1.29, 1.82) is 0 Å². The van der Waals surface area contributed by atoms with Crippen LogP contribution in [0.5, 0.6) is 17.2 Å². The fraction of sp³-hybridized carbons (Fsp3) is 0.391. The molecule has 0 saturated carbocycles. The van der Waals surface area contributed by atoms with E-state index in [2.05, 4.69) is 39.6 Å². The highest BCUT2D eigenvalue weighted by molar-refractivity contribution is 6.11. The molecule has 10 heteroatoms. The highest BCUT2D eigenvalue weighted by Gasteiger charge is 2.41. The van der Waals surface area contributed by atoms with E-state index in [1.807, 2.05) is 0 Å². The number of aromatic nitrogens is 4. The van der Waals surface area contributed by atoms with Gasteiger partial charge in [-0.2, -0.15) is 0 Å². The molecule has 0 amide bonds. The third kappa shape index (κ3) is 5.29. The number of rotatable bonds is 10. The minimum absolute atomic E-state index is 0.00427. The van der Waals surface area contributed by atoms with Gasteiger partial charge in [0.1, 0.15) is 12.4 Å². The van der Waals surface area contributed by atoms with Gasteiger partial charge in [-0.05, 0) is 86.7 Å². The summed E-state index contributed by atoms with van der Waals surface area (Å²) in [5, 5.41) is 13.5. The number of fused-ring (bicyclic) bond motifs is 1.